The molecule has 5 heteroatoms. The van der Waals surface area contributed by atoms with Crippen molar-refractivity contribution in [1.82, 2.24) is 5.32 Å². The van der Waals surface area contributed by atoms with Gasteiger partial charge in [0, 0.05) is 24.7 Å². The molecule has 2 rings (SSSR count). The maximum absolute atomic E-state index is 10.7. The molecule has 0 saturated heterocycles. The highest BCUT2D eigenvalue weighted by atomic mass is 35.5. The van der Waals surface area contributed by atoms with Crippen LogP contribution in [0.5, 0.6) is 0 Å². The van der Waals surface area contributed by atoms with Crippen LogP contribution in [0.4, 0.5) is 5.69 Å². The third kappa shape index (κ3) is 3.93. The summed E-state index contributed by atoms with van der Waals surface area (Å²) in [7, 11) is 0. The predicted molar refractivity (Wildman–Crippen MR) is 81.0 cm³/mol. The number of hydrogen-bond acceptors (Lipinski definition) is 3. The highest BCUT2D eigenvalue weighted by molar-refractivity contribution is 6.31. The highest BCUT2D eigenvalue weighted by Gasteiger charge is 2.19. The molecule has 1 aliphatic carbocycles. The van der Waals surface area contributed by atoms with Gasteiger partial charge >= 0.3 is 0 Å². The van der Waals surface area contributed by atoms with Crippen LogP contribution in [0.25, 0.3) is 0 Å². The fourth-order valence-electron chi connectivity index (χ4n) is 2.82. The topological polar surface area (TPSA) is 55.2 Å². The molecule has 0 radical (unpaired) electrons. The predicted octanol–water partition coefficient (Wildman–Crippen LogP) is 4.31. The summed E-state index contributed by atoms with van der Waals surface area (Å²) in [6, 6.07) is 5.22. The summed E-state index contributed by atoms with van der Waals surface area (Å²) >= 11 is 6.09. The second kappa shape index (κ2) is 7.04. The van der Waals surface area contributed by atoms with Gasteiger partial charge in [-0.1, -0.05) is 24.9 Å². The Kier molecular flexibility index (Phi) is 5.38. The van der Waals surface area contributed by atoms with Crippen molar-refractivity contribution in [3.63, 3.8) is 0 Å². The van der Waals surface area contributed by atoms with E-state index in [0.29, 0.717) is 17.6 Å². The SMILES string of the molecule is CCC1CCC(NCc2ccc([N+](=O)[O-])cc2Cl)CC1. The Morgan fingerprint density at radius 1 is 1.35 bits per heavy atom. The molecule has 0 atom stereocenters. The first kappa shape index (κ1) is 15.3. The summed E-state index contributed by atoms with van der Waals surface area (Å²) in [4.78, 5) is 10.2. The zero-order chi connectivity index (χ0) is 14.5. The Morgan fingerprint density at radius 3 is 2.60 bits per heavy atom. The number of hydrogen-bond donors (Lipinski definition) is 1. The highest BCUT2D eigenvalue weighted by Crippen LogP contribution is 2.27. The fraction of sp³-hybridized carbons (Fsp3) is 0.600. The van der Waals surface area contributed by atoms with Gasteiger partial charge in [-0.2, -0.15) is 0 Å². The van der Waals surface area contributed by atoms with Crippen molar-refractivity contribution >= 4 is 17.3 Å². The van der Waals surface area contributed by atoms with E-state index >= 15 is 0 Å². The van der Waals surface area contributed by atoms with Gasteiger partial charge in [-0.05, 0) is 43.2 Å². The maximum Gasteiger partial charge on any atom is 0.270 e. The van der Waals surface area contributed by atoms with Crippen molar-refractivity contribution < 1.29 is 4.92 Å². The molecule has 0 heterocycles. The van der Waals surface area contributed by atoms with Crippen molar-refractivity contribution in [3.05, 3.63) is 38.9 Å². The molecule has 1 N–H and O–H groups in total. The number of non-ortho nitro benzene ring substituents is 1. The average molecular weight is 297 g/mol. The minimum atomic E-state index is -0.422. The Balaban J connectivity index is 1.87. The minimum absolute atomic E-state index is 0.0437. The Labute approximate surface area is 124 Å². The summed E-state index contributed by atoms with van der Waals surface area (Å²) in [5.41, 5.74) is 0.970. The van der Waals surface area contributed by atoms with Crippen molar-refractivity contribution in [2.24, 2.45) is 5.92 Å². The van der Waals surface area contributed by atoms with Crippen LogP contribution in [0.1, 0.15) is 44.6 Å². The van der Waals surface area contributed by atoms with Crippen LogP contribution < -0.4 is 5.32 Å². The number of benzene rings is 1. The van der Waals surface area contributed by atoms with Crippen molar-refractivity contribution in [1.29, 1.82) is 0 Å². The van der Waals surface area contributed by atoms with Crippen molar-refractivity contribution in [2.45, 2.75) is 51.6 Å². The zero-order valence-electron chi connectivity index (χ0n) is 11.8. The molecule has 20 heavy (non-hydrogen) atoms. The second-order valence-corrected chi connectivity index (χ2v) is 5.95. The summed E-state index contributed by atoms with van der Waals surface area (Å²) in [5, 5.41) is 14.6. The molecule has 0 aromatic heterocycles. The zero-order valence-corrected chi connectivity index (χ0v) is 12.5. The van der Waals surface area contributed by atoms with E-state index in [2.05, 4.69) is 12.2 Å². The van der Waals surface area contributed by atoms with E-state index in [1.54, 1.807) is 6.07 Å². The summed E-state index contributed by atoms with van der Waals surface area (Å²) < 4.78 is 0. The Hall–Kier alpha value is -1.13. The summed E-state index contributed by atoms with van der Waals surface area (Å²) in [5.74, 6) is 0.885. The van der Waals surface area contributed by atoms with Gasteiger partial charge in [0.05, 0.1) is 9.95 Å². The third-order valence-electron chi connectivity index (χ3n) is 4.25. The molecule has 1 aromatic carbocycles. The smallest absolute Gasteiger partial charge is 0.270 e. The number of nitrogens with one attached hydrogen (secondary N) is 1. The standard InChI is InChI=1S/C15H21ClN2O2/c1-2-11-3-6-13(7-4-11)17-10-12-5-8-14(18(19)20)9-15(12)16/h5,8-9,11,13,17H,2-4,6-7,10H2,1H3. The molecule has 0 aliphatic heterocycles. The van der Waals surface area contributed by atoms with Gasteiger partial charge in [0.15, 0.2) is 0 Å². The Bertz CT molecular complexity index is 471. The van der Waals surface area contributed by atoms with E-state index in [0.717, 1.165) is 11.5 Å². The van der Waals surface area contributed by atoms with Gasteiger partial charge in [0.25, 0.3) is 5.69 Å². The average Bonchev–Trinajstić information content (AvgIpc) is 2.46. The van der Waals surface area contributed by atoms with Gasteiger partial charge in [0.2, 0.25) is 0 Å². The molecule has 0 unspecified atom stereocenters. The number of rotatable bonds is 5. The lowest BCUT2D eigenvalue weighted by Gasteiger charge is -2.28. The van der Waals surface area contributed by atoms with Crippen LogP contribution in [0.3, 0.4) is 0 Å². The van der Waals surface area contributed by atoms with E-state index in [9.17, 15) is 10.1 Å². The lowest BCUT2D eigenvalue weighted by atomic mass is 9.84. The second-order valence-electron chi connectivity index (χ2n) is 5.54. The van der Waals surface area contributed by atoms with E-state index in [1.165, 1.54) is 44.2 Å². The maximum atomic E-state index is 10.7. The van der Waals surface area contributed by atoms with Crippen LogP contribution in [0.15, 0.2) is 18.2 Å². The van der Waals surface area contributed by atoms with Crippen LogP contribution in [-0.4, -0.2) is 11.0 Å². The number of nitro benzene ring substituents is 1. The van der Waals surface area contributed by atoms with Gasteiger partial charge in [-0.25, -0.2) is 0 Å². The summed E-state index contributed by atoms with van der Waals surface area (Å²) in [6.07, 6.45) is 6.29. The number of nitrogens with zero attached hydrogens (tertiary/aromatic N) is 1. The first-order valence-corrected chi connectivity index (χ1v) is 7.64. The summed E-state index contributed by atoms with van der Waals surface area (Å²) in [6.45, 7) is 2.94. The van der Waals surface area contributed by atoms with Crippen LogP contribution >= 0.6 is 11.6 Å². The molecule has 1 saturated carbocycles. The van der Waals surface area contributed by atoms with Crippen LogP contribution in [-0.2, 0) is 6.54 Å². The van der Waals surface area contributed by atoms with Gasteiger partial charge in [0.1, 0.15) is 0 Å². The largest absolute Gasteiger partial charge is 0.310 e. The fourth-order valence-corrected chi connectivity index (χ4v) is 3.06. The normalized spacial score (nSPS) is 22.7. The number of nitro groups is 1. The van der Waals surface area contributed by atoms with Crippen LogP contribution in [0, 0.1) is 16.0 Å². The Morgan fingerprint density at radius 2 is 2.05 bits per heavy atom. The van der Waals surface area contributed by atoms with Gasteiger partial charge < -0.3 is 5.32 Å². The van der Waals surface area contributed by atoms with Crippen LogP contribution in [0.2, 0.25) is 5.02 Å². The first-order chi connectivity index (χ1) is 9.60. The lowest BCUT2D eigenvalue weighted by Crippen LogP contribution is -2.32. The number of halogens is 1. The molecular weight excluding hydrogens is 276 g/mol. The molecule has 0 bridgehead atoms. The molecule has 0 amide bonds. The molecule has 110 valence electrons. The molecular formula is C15H21ClN2O2. The van der Waals surface area contributed by atoms with E-state index in [4.69, 9.17) is 11.6 Å². The molecule has 1 aromatic rings. The third-order valence-corrected chi connectivity index (χ3v) is 4.60. The monoisotopic (exact) mass is 296 g/mol. The molecule has 0 spiro atoms. The van der Waals surface area contributed by atoms with E-state index in [1.807, 2.05) is 0 Å². The first-order valence-electron chi connectivity index (χ1n) is 7.26. The minimum Gasteiger partial charge on any atom is -0.310 e. The quantitative estimate of drug-likeness (QED) is 0.651. The molecule has 1 fully saturated rings. The van der Waals surface area contributed by atoms with E-state index < -0.39 is 4.92 Å². The molecule has 1 aliphatic rings. The lowest BCUT2D eigenvalue weighted by molar-refractivity contribution is -0.384. The van der Waals surface area contributed by atoms with Gasteiger partial charge in [-0.3, -0.25) is 10.1 Å². The van der Waals surface area contributed by atoms with Crippen molar-refractivity contribution in [2.75, 3.05) is 0 Å². The van der Waals surface area contributed by atoms with Gasteiger partial charge in [-0.15, -0.1) is 0 Å². The van der Waals surface area contributed by atoms with Crippen molar-refractivity contribution in [3.8, 4) is 0 Å². The molecule has 4 nitrogen and oxygen atoms in total. The van der Waals surface area contributed by atoms with E-state index in [-0.39, 0.29) is 5.69 Å².